The highest BCUT2D eigenvalue weighted by Crippen LogP contribution is 2.32. The number of sulfonamides is 1. The topological polar surface area (TPSA) is 69.7 Å². The van der Waals surface area contributed by atoms with Gasteiger partial charge in [-0.05, 0) is 36.6 Å². The number of anilines is 1. The average Bonchev–Trinajstić information content (AvgIpc) is 3.21. The number of carbonyl (C=O) groups excluding carboxylic acids is 1. The van der Waals surface area contributed by atoms with Crippen molar-refractivity contribution < 1.29 is 13.2 Å². The van der Waals surface area contributed by atoms with Crippen LogP contribution >= 0.6 is 0 Å². The molecule has 0 saturated carbocycles. The second-order valence-electron chi connectivity index (χ2n) is 6.76. The van der Waals surface area contributed by atoms with Gasteiger partial charge >= 0.3 is 6.03 Å². The van der Waals surface area contributed by atoms with E-state index in [1.165, 1.54) is 4.31 Å². The molecule has 0 bridgehead atoms. The van der Waals surface area contributed by atoms with Gasteiger partial charge in [-0.3, -0.25) is 4.90 Å². The number of para-hydroxylation sites is 1. The largest absolute Gasteiger partial charge is 0.326 e. The first kappa shape index (κ1) is 17.8. The highest BCUT2D eigenvalue weighted by Gasteiger charge is 2.28. The Hall–Kier alpha value is -2.64. The van der Waals surface area contributed by atoms with Crippen LogP contribution in [0.15, 0.2) is 60.0 Å². The van der Waals surface area contributed by atoms with E-state index in [0.717, 1.165) is 29.7 Å². The predicted octanol–water partition coefficient (Wildman–Crippen LogP) is 3.49. The van der Waals surface area contributed by atoms with Crippen LogP contribution in [-0.4, -0.2) is 36.7 Å². The number of amides is 2. The monoisotopic (exact) mass is 383 g/mol. The summed E-state index contributed by atoms with van der Waals surface area (Å²) in [6.07, 6.45) is 1.82. The third kappa shape index (κ3) is 3.24. The van der Waals surface area contributed by atoms with Crippen molar-refractivity contribution in [2.75, 3.05) is 18.4 Å². The maximum Gasteiger partial charge on any atom is 0.326 e. The van der Waals surface area contributed by atoms with Crippen LogP contribution in [0.3, 0.4) is 0 Å². The van der Waals surface area contributed by atoms with Gasteiger partial charge in [-0.1, -0.05) is 36.9 Å². The van der Waals surface area contributed by atoms with Crippen LogP contribution in [0.5, 0.6) is 0 Å². The van der Waals surface area contributed by atoms with E-state index in [4.69, 9.17) is 0 Å². The van der Waals surface area contributed by atoms with Gasteiger partial charge in [0.05, 0.1) is 17.1 Å². The number of hydrogen-bond acceptors (Lipinski definition) is 3. The van der Waals surface area contributed by atoms with Gasteiger partial charge in [0.15, 0.2) is 0 Å². The van der Waals surface area contributed by atoms with Crippen LogP contribution < -0.4 is 5.32 Å². The molecule has 4 rings (SSSR count). The Morgan fingerprint density at radius 2 is 1.67 bits per heavy atom. The lowest BCUT2D eigenvalue weighted by Gasteiger charge is -2.31. The normalized spacial score (nSPS) is 17.7. The van der Waals surface area contributed by atoms with E-state index in [-0.39, 0.29) is 6.03 Å². The first-order chi connectivity index (χ1) is 13.0. The summed E-state index contributed by atoms with van der Waals surface area (Å²) in [6, 6.07) is 14.0. The van der Waals surface area contributed by atoms with Crippen LogP contribution in [0.4, 0.5) is 10.5 Å². The lowest BCUT2D eigenvalue weighted by molar-refractivity contribution is 0.229. The number of benzene rings is 2. The first-order valence-electron chi connectivity index (χ1n) is 8.93. The number of nitrogens with one attached hydrogen (secondary N) is 1. The van der Waals surface area contributed by atoms with E-state index < -0.39 is 10.0 Å². The summed E-state index contributed by atoms with van der Waals surface area (Å²) in [5.74, 6) is 0. The third-order valence-electron chi connectivity index (χ3n) is 5.02. The highest BCUT2D eigenvalue weighted by molar-refractivity contribution is 7.89. The molecule has 2 heterocycles. The van der Waals surface area contributed by atoms with E-state index >= 15 is 0 Å². The number of carbonyl (C=O) groups is 1. The average molecular weight is 383 g/mol. The van der Waals surface area contributed by atoms with E-state index in [9.17, 15) is 13.2 Å². The zero-order chi connectivity index (χ0) is 19.0. The van der Waals surface area contributed by atoms with Gasteiger partial charge in [0.25, 0.3) is 0 Å². The molecule has 0 radical (unpaired) electrons. The van der Waals surface area contributed by atoms with Crippen LogP contribution in [-0.2, 0) is 16.6 Å². The molecule has 2 aliphatic heterocycles. The molecule has 140 valence electrons. The number of nitrogens with zero attached hydrogens (tertiary/aromatic N) is 2. The molecule has 2 aliphatic rings. The molecule has 0 spiro atoms. The van der Waals surface area contributed by atoms with Gasteiger partial charge in [-0.15, -0.1) is 0 Å². The van der Waals surface area contributed by atoms with Crippen LogP contribution in [0.25, 0.3) is 5.70 Å². The minimum Gasteiger partial charge on any atom is -0.307 e. The van der Waals surface area contributed by atoms with Gasteiger partial charge in [-0.25, -0.2) is 13.2 Å². The molecular formula is C20H21N3O3S. The lowest BCUT2D eigenvalue weighted by atomic mass is 10.1. The molecule has 2 aromatic carbocycles. The smallest absolute Gasteiger partial charge is 0.307 e. The Morgan fingerprint density at radius 3 is 2.37 bits per heavy atom. The Balaban J connectivity index is 1.54. The third-order valence-corrected chi connectivity index (χ3v) is 6.93. The fourth-order valence-corrected chi connectivity index (χ4v) is 5.01. The Morgan fingerprint density at radius 1 is 1.00 bits per heavy atom. The van der Waals surface area contributed by atoms with Gasteiger partial charge in [0, 0.05) is 24.4 Å². The molecule has 27 heavy (non-hydrogen) atoms. The summed E-state index contributed by atoms with van der Waals surface area (Å²) in [5.41, 5.74) is 3.09. The SMILES string of the molecule is C=C1c2ccccc2NC(=O)N1Cc1ccc(S(=O)(=O)N2CCCC2)cc1. The number of urea groups is 1. The fraction of sp³-hybridized carbons (Fsp3) is 0.250. The van der Waals surface area contributed by atoms with Gasteiger partial charge in [0.2, 0.25) is 10.0 Å². The summed E-state index contributed by atoms with van der Waals surface area (Å²) in [6.45, 7) is 5.54. The van der Waals surface area contributed by atoms with Crippen molar-refractivity contribution in [3.05, 3.63) is 66.2 Å². The zero-order valence-corrected chi connectivity index (χ0v) is 15.7. The van der Waals surface area contributed by atoms with Crippen LogP contribution in [0.2, 0.25) is 0 Å². The molecule has 7 heteroatoms. The summed E-state index contributed by atoms with van der Waals surface area (Å²) < 4.78 is 26.8. The number of fused-ring (bicyclic) bond motifs is 1. The minimum atomic E-state index is -3.43. The standard InChI is InChI=1S/C20H21N3O3S/c1-15-18-6-2-3-7-19(18)21-20(24)23(15)14-16-8-10-17(11-9-16)27(25,26)22-12-4-5-13-22/h2-3,6-11H,1,4-5,12-14H2,(H,21,24). The Labute approximate surface area is 159 Å². The minimum absolute atomic E-state index is 0.243. The second kappa shape index (κ2) is 6.83. The van der Waals surface area contributed by atoms with Crippen molar-refractivity contribution in [3.63, 3.8) is 0 Å². The molecule has 1 N–H and O–H groups in total. The Bertz CT molecular complexity index is 993. The molecule has 0 aliphatic carbocycles. The van der Waals surface area contributed by atoms with Gasteiger partial charge in [-0.2, -0.15) is 4.31 Å². The van der Waals surface area contributed by atoms with Gasteiger partial charge in [0.1, 0.15) is 0 Å². The van der Waals surface area contributed by atoms with E-state index in [1.54, 1.807) is 29.2 Å². The zero-order valence-electron chi connectivity index (χ0n) is 14.9. The van der Waals surface area contributed by atoms with Crippen LogP contribution in [0, 0.1) is 0 Å². The molecule has 0 unspecified atom stereocenters. The summed E-state index contributed by atoms with van der Waals surface area (Å²) in [5, 5.41) is 2.86. The van der Waals surface area contributed by atoms with Crippen LogP contribution in [0.1, 0.15) is 24.0 Å². The van der Waals surface area contributed by atoms with E-state index in [1.807, 2.05) is 24.3 Å². The van der Waals surface area contributed by atoms with Crippen molar-refractivity contribution >= 4 is 27.4 Å². The maximum atomic E-state index is 12.6. The molecule has 6 nitrogen and oxygen atoms in total. The molecule has 1 fully saturated rings. The van der Waals surface area contributed by atoms with Crippen molar-refractivity contribution in [3.8, 4) is 0 Å². The lowest BCUT2D eigenvalue weighted by Crippen LogP contribution is -2.36. The summed E-state index contributed by atoms with van der Waals surface area (Å²) in [4.78, 5) is 14.3. The second-order valence-corrected chi connectivity index (χ2v) is 8.70. The summed E-state index contributed by atoms with van der Waals surface area (Å²) >= 11 is 0. The molecule has 0 atom stereocenters. The molecular weight excluding hydrogens is 362 g/mol. The number of hydrogen-bond donors (Lipinski definition) is 1. The van der Waals surface area contributed by atoms with Crippen molar-refractivity contribution in [1.29, 1.82) is 0 Å². The summed E-state index contributed by atoms with van der Waals surface area (Å²) in [7, 11) is -3.43. The van der Waals surface area contributed by atoms with Crippen molar-refractivity contribution in [2.45, 2.75) is 24.3 Å². The van der Waals surface area contributed by atoms with E-state index in [0.29, 0.717) is 30.2 Å². The van der Waals surface area contributed by atoms with Gasteiger partial charge < -0.3 is 5.32 Å². The predicted molar refractivity (Wildman–Crippen MR) is 104 cm³/mol. The number of rotatable bonds is 4. The maximum absolute atomic E-state index is 12.6. The van der Waals surface area contributed by atoms with E-state index in [2.05, 4.69) is 11.9 Å². The molecule has 2 amide bonds. The molecule has 2 aromatic rings. The fourth-order valence-electron chi connectivity index (χ4n) is 3.49. The molecule has 0 aromatic heterocycles. The van der Waals surface area contributed by atoms with Crippen molar-refractivity contribution in [2.24, 2.45) is 0 Å². The molecule has 1 saturated heterocycles. The Kier molecular flexibility index (Phi) is 4.49. The van der Waals surface area contributed by atoms with Crippen molar-refractivity contribution in [1.82, 2.24) is 9.21 Å². The first-order valence-corrected chi connectivity index (χ1v) is 10.4. The quantitative estimate of drug-likeness (QED) is 0.879. The highest BCUT2D eigenvalue weighted by atomic mass is 32.2.